The van der Waals surface area contributed by atoms with Crippen molar-refractivity contribution in [3.05, 3.63) is 0 Å². The van der Waals surface area contributed by atoms with Crippen LogP contribution < -0.4 is 0 Å². The van der Waals surface area contributed by atoms with E-state index in [0.717, 1.165) is 0 Å². The zero-order chi connectivity index (χ0) is 16.8. The van der Waals surface area contributed by atoms with Crippen LogP contribution in [0.25, 0.3) is 0 Å². The average molecular weight is 306 g/mol. The second-order valence-electron chi connectivity index (χ2n) is 8.47. The fourth-order valence-electron chi connectivity index (χ4n) is 4.11. The molecular formula is C16H22N2O4. The molecule has 0 atom stereocenters. The van der Waals surface area contributed by atoms with Crippen molar-refractivity contribution in [3.8, 4) is 0 Å². The molecule has 0 bridgehead atoms. The van der Waals surface area contributed by atoms with Crippen molar-refractivity contribution in [3.63, 3.8) is 0 Å². The van der Waals surface area contributed by atoms with Crippen LogP contribution in [0.1, 0.15) is 41.5 Å². The molecule has 4 amide bonds. The molecule has 0 spiro atoms. The molecule has 1 saturated carbocycles. The lowest BCUT2D eigenvalue weighted by Crippen LogP contribution is -2.50. The summed E-state index contributed by atoms with van der Waals surface area (Å²) in [6.07, 6.45) is 0. The third kappa shape index (κ3) is 1.61. The number of likely N-dealkylation sites (tertiary alicyclic amines) is 2. The van der Waals surface area contributed by atoms with Gasteiger partial charge in [0.05, 0.1) is 23.7 Å². The van der Waals surface area contributed by atoms with E-state index in [-0.39, 0.29) is 23.6 Å². The maximum atomic E-state index is 12.6. The van der Waals surface area contributed by atoms with E-state index in [4.69, 9.17) is 0 Å². The van der Waals surface area contributed by atoms with E-state index < -0.39 is 34.7 Å². The Hall–Kier alpha value is -1.72. The van der Waals surface area contributed by atoms with Gasteiger partial charge in [0.25, 0.3) is 0 Å². The zero-order valence-corrected chi connectivity index (χ0v) is 13.8. The summed E-state index contributed by atoms with van der Waals surface area (Å²) in [5, 5.41) is 0. The summed E-state index contributed by atoms with van der Waals surface area (Å²) in [5.74, 6) is -3.83. The first-order valence-electron chi connectivity index (χ1n) is 7.65. The molecule has 2 saturated heterocycles. The maximum absolute atomic E-state index is 12.6. The highest BCUT2D eigenvalue weighted by atomic mass is 16.2. The highest BCUT2D eigenvalue weighted by Gasteiger charge is 2.74. The van der Waals surface area contributed by atoms with Crippen molar-refractivity contribution >= 4 is 23.6 Å². The van der Waals surface area contributed by atoms with Gasteiger partial charge in [-0.05, 0) is 41.5 Å². The number of amides is 4. The minimum Gasteiger partial charge on any atom is -0.277 e. The summed E-state index contributed by atoms with van der Waals surface area (Å²) in [5.41, 5.74) is -1.26. The van der Waals surface area contributed by atoms with Crippen LogP contribution in [0.15, 0.2) is 0 Å². The maximum Gasteiger partial charge on any atom is 0.234 e. The molecule has 2 heterocycles. The van der Waals surface area contributed by atoms with Crippen LogP contribution >= 0.6 is 0 Å². The van der Waals surface area contributed by atoms with Crippen LogP contribution in [-0.2, 0) is 19.2 Å². The highest BCUT2D eigenvalue weighted by Crippen LogP contribution is 2.58. The molecule has 6 nitrogen and oxygen atoms in total. The monoisotopic (exact) mass is 306 g/mol. The van der Waals surface area contributed by atoms with E-state index in [1.807, 2.05) is 0 Å². The van der Waals surface area contributed by atoms with Gasteiger partial charge in [-0.2, -0.15) is 0 Å². The van der Waals surface area contributed by atoms with Crippen LogP contribution in [0.3, 0.4) is 0 Å². The van der Waals surface area contributed by atoms with Crippen molar-refractivity contribution in [1.82, 2.24) is 9.80 Å². The molecule has 0 N–H and O–H groups in total. The largest absolute Gasteiger partial charge is 0.277 e. The zero-order valence-electron chi connectivity index (χ0n) is 13.8. The molecule has 3 aliphatic rings. The van der Waals surface area contributed by atoms with Gasteiger partial charge in [0.2, 0.25) is 23.6 Å². The molecule has 22 heavy (non-hydrogen) atoms. The summed E-state index contributed by atoms with van der Waals surface area (Å²) >= 11 is 0. The van der Waals surface area contributed by atoms with E-state index >= 15 is 0 Å². The molecule has 0 unspecified atom stereocenters. The second-order valence-corrected chi connectivity index (χ2v) is 8.47. The van der Waals surface area contributed by atoms with Crippen LogP contribution in [0.5, 0.6) is 0 Å². The molecule has 120 valence electrons. The van der Waals surface area contributed by atoms with Crippen molar-refractivity contribution in [2.24, 2.45) is 23.7 Å². The lowest BCUT2D eigenvalue weighted by Gasteiger charge is -2.36. The molecule has 2 aliphatic heterocycles. The summed E-state index contributed by atoms with van der Waals surface area (Å²) < 4.78 is 0. The standard InChI is InChI=1S/C16H22N2O4/c1-15(2,3)17-11(19)7-8(12(17)20)10-9(7)13(21)18(14(10)22)16(4,5)6/h7-10H,1-6H3. The summed E-state index contributed by atoms with van der Waals surface area (Å²) in [4.78, 5) is 52.9. The van der Waals surface area contributed by atoms with Gasteiger partial charge in [-0.1, -0.05) is 0 Å². The Morgan fingerprint density at radius 2 is 0.727 bits per heavy atom. The van der Waals surface area contributed by atoms with E-state index in [1.165, 1.54) is 9.80 Å². The average Bonchev–Trinajstić information content (AvgIpc) is 2.54. The summed E-state index contributed by atoms with van der Waals surface area (Å²) in [6, 6.07) is 0. The van der Waals surface area contributed by atoms with Crippen molar-refractivity contribution in [2.45, 2.75) is 52.6 Å². The first-order chi connectivity index (χ1) is 9.89. The number of hydrogen-bond acceptors (Lipinski definition) is 4. The predicted molar refractivity (Wildman–Crippen MR) is 77.2 cm³/mol. The number of carbonyl (C=O) groups excluding carboxylic acids is 4. The predicted octanol–water partition coefficient (Wildman–Crippen LogP) is 0.799. The smallest absolute Gasteiger partial charge is 0.234 e. The minimum atomic E-state index is -0.652. The lowest BCUT2D eigenvalue weighted by molar-refractivity contribution is -0.149. The van der Waals surface area contributed by atoms with Crippen LogP contribution in [0.2, 0.25) is 0 Å². The van der Waals surface area contributed by atoms with Crippen molar-refractivity contribution in [1.29, 1.82) is 0 Å². The van der Waals surface area contributed by atoms with Gasteiger partial charge < -0.3 is 0 Å². The van der Waals surface area contributed by atoms with Gasteiger partial charge in [-0.25, -0.2) is 0 Å². The van der Waals surface area contributed by atoms with Crippen LogP contribution in [-0.4, -0.2) is 44.5 Å². The molecule has 0 aromatic rings. The normalized spacial score (nSPS) is 35.0. The topological polar surface area (TPSA) is 74.8 Å². The van der Waals surface area contributed by atoms with Gasteiger partial charge in [-0.3, -0.25) is 29.0 Å². The Balaban J connectivity index is 1.99. The van der Waals surface area contributed by atoms with Crippen LogP contribution in [0, 0.1) is 23.7 Å². The number of carbonyl (C=O) groups is 4. The minimum absolute atomic E-state index is 0.305. The Kier molecular flexibility index (Phi) is 2.74. The third-order valence-electron chi connectivity index (χ3n) is 4.91. The molecule has 0 aromatic carbocycles. The highest BCUT2D eigenvalue weighted by molar-refractivity contribution is 6.18. The first-order valence-corrected chi connectivity index (χ1v) is 7.65. The van der Waals surface area contributed by atoms with Crippen LogP contribution in [0.4, 0.5) is 0 Å². The van der Waals surface area contributed by atoms with E-state index in [1.54, 1.807) is 41.5 Å². The van der Waals surface area contributed by atoms with Gasteiger partial charge in [-0.15, -0.1) is 0 Å². The number of imide groups is 2. The Labute approximate surface area is 129 Å². The number of fused-ring (bicyclic) bond motifs is 4. The Morgan fingerprint density at radius 3 is 0.864 bits per heavy atom. The second kappa shape index (κ2) is 3.97. The molecule has 0 aromatic heterocycles. The third-order valence-corrected chi connectivity index (χ3v) is 4.91. The molecule has 6 heteroatoms. The number of nitrogens with zero attached hydrogens (tertiary/aromatic N) is 2. The summed E-state index contributed by atoms with van der Waals surface area (Å²) in [7, 11) is 0. The number of hydrogen-bond donors (Lipinski definition) is 0. The Bertz CT molecular complexity index is 509. The SMILES string of the molecule is CC(C)(C)N1C(=O)C2C(C1=O)C1C(=O)N(C(C)(C)C)C(=O)C21. The van der Waals surface area contributed by atoms with Crippen molar-refractivity contribution in [2.75, 3.05) is 0 Å². The molecule has 3 rings (SSSR count). The number of rotatable bonds is 0. The van der Waals surface area contributed by atoms with Gasteiger partial charge in [0.15, 0.2) is 0 Å². The fraction of sp³-hybridized carbons (Fsp3) is 0.750. The van der Waals surface area contributed by atoms with E-state index in [9.17, 15) is 19.2 Å². The van der Waals surface area contributed by atoms with Gasteiger partial charge in [0.1, 0.15) is 0 Å². The van der Waals surface area contributed by atoms with Crippen molar-refractivity contribution < 1.29 is 19.2 Å². The van der Waals surface area contributed by atoms with Gasteiger partial charge >= 0.3 is 0 Å². The Morgan fingerprint density at radius 1 is 0.545 bits per heavy atom. The lowest BCUT2D eigenvalue weighted by atomic mass is 9.59. The quantitative estimate of drug-likeness (QED) is 0.620. The van der Waals surface area contributed by atoms with E-state index in [0.29, 0.717) is 0 Å². The first kappa shape index (κ1) is 15.2. The van der Waals surface area contributed by atoms with Gasteiger partial charge in [0, 0.05) is 11.1 Å². The molecular weight excluding hydrogens is 284 g/mol. The fourth-order valence-corrected chi connectivity index (χ4v) is 4.11. The van der Waals surface area contributed by atoms with E-state index in [2.05, 4.69) is 0 Å². The molecule has 0 radical (unpaired) electrons. The molecule has 1 aliphatic carbocycles. The summed E-state index contributed by atoms with van der Waals surface area (Å²) in [6.45, 7) is 10.7. The molecule has 3 fully saturated rings.